The van der Waals surface area contributed by atoms with Gasteiger partial charge in [0.1, 0.15) is 0 Å². The first-order valence-corrected chi connectivity index (χ1v) is 20.9. The molecule has 1 unspecified atom stereocenters. The third-order valence-electron chi connectivity index (χ3n) is 9.50. The molecule has 1 atom stereocenters. The van der Waals surface area contributed by atoms with Gasteiger partial charge in [0.05, 0.1) is 13.2 Å². The highest BCUT2D eigenvalue weighted by Gasteiger charge is 2.29. The summed E-state index contributed by atoms with van der Waals surface area (Å²) in [5.74, 6) is -0.333. The monoisotopic (exact) mass is 695 g/mol. The van der Waals surface area contributed by atoms with Gasteiger partial charge in [0.25, 0.3) is 5.24 Å². The predicted molar refractivity (Wildman–Crippen MR) is 204 cm³/mol. The molecule has 0 bridgehead atoms. The Bertz CT molecular complexity index is 817. The lowest BCUT2D eigenvalue weighted by Gasteiger charge is -2.35. The number of ether oxygens (including phenoxy) is 2. The lowest BCUT2D eigenvalue weighted by atomic mass is 10.0. The van der Waals surface area contributed by atoms with Crippen molar-refractivity contribution in [2.45, 2.75) is 186 Å². The van der Waals surface area contributed by atoms with E-state index in [9.17, 15) is 14.4 Å². The average Bonchev–Trinajstić information content (AvgIpc) is 3.09. The number of rotatable bonds is 31. The Kier molecular flexibility index (Phi) is 29.1. The Morgan fingerprint density at radius 2 is 1.25 bits per heavy atom. The van der Waals surface area contributed by atoms with E-state index >= 15 is 0 Å². The summed E-state index contributed by atoms with van der Waals surface area (Å²) in [5, 5.41) is 0.397. The van der Waals surface area contributed by atoms with Crippen LogP contribution < -0.4 is 0 Å². The van der Waals surface area contributed by atoms with Gasteiger partial charge in [-0.05, 0) is 64.5 Å². The molecule has 280 valence electrons. The molecule has 8 heteroatoms. The van der Waals surface area contributed by atoms with Crippen molar-refractivity contribution in [3.05, 3.63) is 12.7 Å². The summed E-state index contributed by atoms with van der Waals surface area (Å²) in [6.07, 6.45) is 26.0. The molecule has 0 aromatic rings. The van der Waals surface area contributed by atoms with Crippen molar-refractivity contribution in [2.24, 2.45) is 0 Å². The Hall–Kier alpha value is -1.54. The zero-order valence-electron chi connectivity index (χ0n) is 31.5. The fraction of sp³-hybridized carbons (Fsp3) is 0.875. The van der Waals surface area contributed by atoms with Crippen LogP contribution in [0, 0.1) is 0 Å². The van der Waals surface area contributed by atoms with Crippen molar-refractivity contribution in [1.29, 1.82) is 0 Å². The van der Waals surface area contributed by atoms with Crippen LogP contribution in [0.3, 0.4) is 0 Å². The molecular formula is C40H74N2O5S. The van der Waals surface area contributed by atoms with Crippen molar-refractivity contribution in [3.8, 4) is 0 Å². The zero-order chi connectivity index (χ0) is 35.1. The van der Waals surface area contributed by atoms with Crippen molar-refractivity contribution < 1.29 is 23.9 Å². The minimum atomic E-state index is -0.174. The van der Waals surface area contributed by atoms with Crippen LogP contribution in [-0.4, -0.2) is 77.7 Å². The summed E-state index contributed by atoms with van der Waals surface area (Å²) in [4.78, 5) is 43.9. The first kappa shape index (κ1) is 44.5. The van der Waals surface area contributed by atoms with E-state index in [4.69, 9.17) is 9.47 Å². The first-order chi connectivity index (χ1) is 23.4. The number of hydrogen-bond donors (Lipinski definition) is 0. The summed E-state index contributed by atoms with van der Waals surface area (Å²) in [6.45, 7) is 15.0. The van der Waals surface area contributed by atoms with Gasteiger partial charge in [-0.15, -0.1) is 6.58 Å². The molecule has 0 aromatic heterocycles. The molecule has 48 heavy (non-hydrogen) atoms. The standard InChI is InChI=1S/C40H74N2O5S/c1-5-9-13-16-17-20-24-36(26-27-39(44)47-35-22-19-15-11-7-3)42(31-23-25-38(43)46-34-21-18-14-10-6-2)40(45)48-37-28-32-41(33-29-37)30-12-8-4/h8,36-37H,4-7,9-35H2,1-3H3. The summed E-state index contributed by atoms with van der Waals surface area (Å²) in [5.41, 5.74) is 0. The van der Waals surface area contributed by atoms with Gasteiger partial charge in [-0.25, -0.2) is 0 Å². The van der Waals surface area contributed by atoms with E-state index in [2.05, 4.69) is 32.3 Å². The topological polar surface area (TPSA) is 76.2 Å². The number of carbonyl (C=O) groups excluding carboxylic acids is 3. The second kappa shape index (κ2) is 31.4. The number of amides is 1. The molecule has 0 aromatic carbocycles. The average molecular weight is 695 g/mol. The smallest absolute Gasteiger partial charge is 0.305 e. The first-order valence-electron chi connectivity index (χ1n) is 20.1. The van der Waals surface area contributed by atoms with Gasteiger partial charge in [-0.1, -0.05) is 129 Å². The van der Waals surface area contributed by atoms with Gasteiger partial charge in [0.15, 0.2) is 0 Å². The minimum absolute atomic E-state index is 0.0319. The SMILES string of the molecule is C=CCCN1CCC(SC(=O)N(CCCC(=O)OCCCCCCC)C(CCCCCCCC)CCC(=O)OCCCCCCC)CC1. The maximum absolute atomic E-state index is 14.0. The van der Waals surface area contributed by atoms with Gasteiger partial charge in [0, 0.05) is 37.2 Å². The third-order valence-corrected chi connectivity index (χ3v) is 10.7. The highest BCUT2D eigenvalue weighted by Crippen LogP contribution is 2.29. The van der Waals surface area contributed by atoms with Crippen molar-refractivity contribution in [2.75, 3.05) is 39.4 Å². The number of esters is 2. The number of nitrogens with zero attached hydrogens (tertiary/aromatic N) is 2. The van der Waals surface area contributed by atoms with Crippen molar-refractivity contribution in [3.63, 3.8) is 0 Å². The Morgan fingerprint density at radius 3 is 1.81 bits per heavy atom. The van der Waals surface area contributed by atoms with Gasteiger partial charge in [-0.2, -0.15) is 0 Å². The highest BCUT2D eigenvalue weighted by atomic mass is 32.2. The van der Waals surface area contributed by atoms with Crippen LogP contribution in [0.2, 0.25) is 0 Å². The normalized spacial score (nSPS) is 14.5. The third kappa shape index (κ3) is 23.8. The Morgan fingerprint density at radius 1 is 0.729 bits per heavy atom. The maximum Gasteiger partial charge on any atom is 0.305 e. The summed E-state index contributed by atoms with van der Waals surface area (Å²) < 4.78 is 11.1. The van der Waals surface area contributed by atoms with Crippen LogP contribution in [0.4, 0.5) is 4.79 Å². The zero-order valence-corrected chi connectivity index (χ0v) is 32.3. The maximum atomic E-state index is 14.0. The molecule has 0 aliphatic carbocycles. The predicted octanol–water partition coefficient (Wildman–Crippen LogP) is 10.9. The molecule has 1 saturated heterocycles. The summed E-state index contributed by atoms with van der Waals surface area (Å²) in [6, 6.07) is -0.0319. The second-order valence-corrected chi connectivity index (χ2v) is 15.1. The molecule has 0 radical (unpaired) electrons. The van der Waals surface area contributed by atoms with Gasteiger partial charge < -0.3 is 19.3 Å². The molecule has 1 fully saturated rings. The molecule has 0 spiro atoms. The van der Waals surface area contributed by atoms with E-state index < -0.39 is 0 Å². The summed E-state index contributed by atoms with van der Waals surface area (Å²) in [7, 11) is 0. The molecule has 1 heterocycles. The number of thioether (sulfide) groups is 1. The van der Waals surface area contributed by atoms with Gasteiger partial charge in [0.2, 0.25) is 0 Å². The van der Waals surface area contributed by atoms with E-state index in [-0.39, 0.29) is 23.2 Å². The Balaban J connectivity index is 2.85. The van der Waals surface area contributed by atoms with E-state index in [1.54, 1.807) is 0 Å². The van der Waals surface area contributed by atoms with Crippen molar-refractivity contribution in [1.82, 2.24) is 9.80 Å². The molecule has 7 nitrogen and oxygen atoms in total. The van der Waals surface area contributed by atoms with Gasteiger partial charge >= 0.3 is 11.9 Å². The highest BCUT2D eigenvalue weighted by molar-refractivity contribution is 8.14. The fourth-order valence-corrected chi connectivity index (χ4v) is 7.49. The van der Waals surface area contributed by atoms with Crippen LogP contribution in [0.25, 0.3) is 0 Å². The molecule has 1 rings (SSSR count). The van der Waals surface area contributed by atoms with E-state index in [0.29, 0.717) is 50.7 Å². The van der Waals surface area contributed by atoms with Crippen LogP contribution >= 0.6 is 11.8 Å². The Labute approximate surface area is 300 Å². The minimum Gasteiger partial charge on any atom is -0.466 e. The van der Waals surface area contributed by atoms with Crippen LogP contribution in [0.5, 0.6) is 0 Å². The number of piperidine rings is 1. The number of hydrogen-bond acceptors (Lipinski definition) is 7. The molecule has 0 saturated carbocycles. The second-order valence-electron chi connectivity index (χ2n) is 13.8. The lowest BCUT2D eigenvalue weighted by molar-refractivity contribution is -0.144. The van der Waals surface area contributed by atoms with Crippen LogP contribution in [-0.2, 0) is 19.1 Å². The molecule has 1 aliphatic rings. The van der Waals surface area contributed by atoms with Crippen LogP contribution in [0.1, 0.15) is 175 Å². The van der Waals surface area contributed by atoms with Crippen molar-refractivity contribution >= 4 is 28.9 Å². The number of unbranched alkanes of at least 4 members (excludes halogenated alkanes) is 13. The summed E-state index contributed by atoms with van der Waals surface area (Å²) >= 11 is 1.48. The van der Waals surface area contributed by atoms with E-state index in [1.807, 2.05) is 11.0 Å². The molecular weight excluding hydrogens is 621 g/mol. The number of likely N-dealkylation sites (tertiary alicyclic amines) is 1. The van der Waals surface area contributed by atoms with Crippen LogP contribution in [0.15, 0.2) is 12.7 Å². The molecule has 0 N–H and O–H groups in total. The van der Waals surface area contributed by atoms with E-state index in [1.165, 1.54) is 76.0 Å². The molecule has 1 amide bonds. The van der Waals surface area contributed by atoms with Gasteiger partial charge in [-0.3, -0.25) is 14.4 Å². The fourth-order valence-electron chi connectivity index (χ4n) is 6.38. The number of carbonyl (C=O) groups is 3. The van der Waals surface area contributed by atoms with E-state index in [0.717, 1.165) is 83.8 Å². The largest absolute Gasteiger partial charge is 0.466 e. The lowest BCUT2D eigenvalue weighted by Crippen LogP contribution is -2.41. The molecule has 1 aliphatic heterocycles. The quantitative estimate of drug-likeness (QED) is 0.0406.